The minimum absolute atomic E-state index is 0.0113. The van der Waals surface area contributed by atoms with E-state index in [1.54, 1.807) is 11.3 Å². The molecule has 3 rings (SSSR count). The zero-order chi connectivity index (χ0) is 17.2. The number of hydrogen-bond acceptors (Lipinski definition) is 5. The van der Waals surface area contributed by atoms with Gasteiger partial charge in [-0.3, -0.25) is 4.79 Å². The highest BCUT2D eigenvalue weighted by Crippen LogP contribution is 2.31. The molecule has 2 aromatic rings. The number of carbonyl (C=O) groups excluding carboxylic acids is 1. The first-order chi connectivity index (χ1) is 11.5. The van der Waals surface area contributed by atoms with E-state index in [9.17, 15) is 4.79 Å². The lowest BCUT2D eigenvalue weighted by atomic mass is 9.90. The summed E-state index contributed by atoms with van der Waals surface area (Å²) in [5, 5.41) is 2.99. The van der Waals surface area contributed by atoms with E-state index in [-0.39, 0.29) is 11.3 Å². The molecule has 0 bridgehead atoms. The van der Waals surface area contributed by atoms with Crippen LogP contribution in [0.2, 0.25) is 0 Å². The van der Waals surface area contributed by atoms with Crippen LogP contribution >= 0.6 is 11.3 Å². The van der Waals surface area contributed by atoms with Crippen LogP contribution in [-0.2, 0) is 6.61 Å². The van der Waals surface area contributed by atoms with Crippen molar-refractivity contribution in [3.8, 4) is 5.75 Å². The number of hydrogen-bond donors (Lipinski definition) is 1. The van der Waals surface area contributed by atoms with Crippen LogP contribution in [0.1, 0.15) is 34.4 Å². The summed E-state index contributed by atoms with van der Waals surface area (Å²) >= 11 is 1.59. The SMILES string of the molecule is Cc1nc(COc2ccccc2C(=O)N2CCC(C)(CN)C2)cs1. The molecule has 2 N–H and O–H groups in total. The summed E-state index contributed by atoms with van der Waals surface area (Å²) in [5.74, 6) is 0.617. The molecule has 1 amide bonds. The smallest absolute Gasteiger partial charge is 0.257 e. The van der Waals surface area contributed by atoms with E-state index in [2.05, 4.69) is 11.9 Å². The molecule has 2 heterocycles. The van der Waals surface area contributed by atoms with Crippen LogP contribution < -0.4 is 10.5 Å². The van der Waals surface area contributed by atoms with Gasteiger partial charge in [-0.1, -0.05) is 19.1 Å². The van der Waals surface area contributed by atoms with Gasteiger partial charge < -0.3 is 15.4 Å². The first-order valence-electron chi connectivity index (χ1n) is 8.13. The molecule has 1 aromatic carbocycles. The lowest BCUT2D eigenvalue weighted by molar-refractivity contribution is 0.0772. The van der Waals surface area contributed by atoms with Crippen molar-refractivity contribution in [1.82, 2.24) is 9.88 Å². The lowest BCUT2D eigenvalue weighted by Gasteiger charge is -2.23. The third kappa shape index (κ3) is 3.60. The summed E-state index contributed by atoms with van der Waals surface area (Å²) < 4.78 is 5.87. The Morgan fingerprint density at radius 1 is 1.46 bits per heavy atom. The summed E-state index contributed by atoms with van der Waals surface area (Å²) in [6.45, 7) is 6.50. The Morgan fingerprint density at radius 3 is 2.92 bits per heavy atom. The van der Waals surface area contributed by atoms with Crippen LogP contribution in [0.25, 0.3) is 0 Å². The molecule has 0 radical (unpaired) electrons. The Hall–Kier alpha value is -1.92. The van der Waals surface area contributed by atoms with Gasteiger partial charge in [-0.2, -0.15) is 0 Å². The molecule has 6 heteroatoms. The van der Waals surface area contributed by atoms with Crippen LogP contribution in [0.15, 0.2) is 29.6 Å². The van der Waals surface area contributed by atoms with Crippen molar-refractivity contribution in [1.29, 1.82) is 0 Å². The van der Waals surface area contributed by atoms with Crippen molar-refractivity contribution >= 4 is 17.2 Å². The van der Waals surface area contributed by atoms with Gasteiger partial charge in [-0.05, 0) is 37.4 Å². The Kier molecular flexibility index (Phi) is 4.87. The Balaban J connectivity index is 1.73. The maximum Gasteiger partial charge on any atom is 0.257 e. The number of para-hydroxylation sites is 1. The van der Waals surface area contributed by atoms with Crippen LogP contribution in [0.5, 0.6) is 5.75 Å². The fraction of sp³-hybridized carbons (Fsp3) is 0.444. The second kappa shape index (κ2) is 6.91. The van der Waals surface area contributed by atoms with Crippen LogP contribution in [0, 0.1) is 12.3 Å². The molecule has 1 atom stereocenters. The predicted octanol–water partition coefficient (Wildman–Crippen LogP) is 2.84. The number of ether oxygens (including phenoxy) is 1. The second-order valence-corrected chi connectivity index (χ2v) is 7.70. The molecule has 24 heavy (non-hydrogen) atoms. The van der Waals surface area contributed by atoms with Crippen molar-refractivity contribution in [2.24, 2.45) is 11.1 Å². The molecule has 1 aliphatic rings. The normalized spacial score (nSPS) is 20.4. The molecule has 0 aliphatic carbocycles. The second-order valence-electron chi connectivity index (χ2n) is 6.63. The lowest BCUT2D eigenvalue weighted by Crippen LogP contribution is -2.34. The first kappa shape index (κ1) is 16.9. The largest absolute Gasteiger partial charge is 0.486 e. The van der Waals surface area contributed by atoms with E-state index in [0.717, 1.165) is 23.7 Å². The van der Waals surface area contributed by atoms with Gasteiger partial charge in [0.2, 0.25) is 0 Å². The summed E-state index contributed by atoms with van der Waals surface area (Å²) in [6, 6.07) is 7.41. The fourth-order valence-electron chi connectivity index (χ4n) is 2.93. The number of aryl methyl sites for hydroxylation is 1. The van der Waals surface area contributed by atoms with Crippen LogP contribution in [0.3, 0.4) is 0 Å². The molecule has 1 aromatic heterocycles. The molecule has 1 fully saturated rings. The number of thiazole rings is 1. The van der Waals surface area contributed by atoms with E-state index in [1.165, 1.54) is 0 Å². The number of benzene rings is 1. The van der Waals surface area contributed by atoms with E-state index in [1.807, 2.05) is 41.5 Å². The minimum Gasteiger partial charge on any atom is -0.486 e. The van der Waals surface area contributed by atoms with Crippen molar-refractivity contribution in [3.63, 3.8) is 0 Å². The number of aromatic nitrogens is 1. The topological polar surface area (TPSA) is 68.5 Å². The van der Waals surface area contributed by atoms with Crippen LogP contribution in [-0.4, -0.2) is 35.4 Å². The number of likely N-dealkylation sites (tertiary alicyclic amines) is 1. The van der Waals surface area contributed by atoms with Gasteiger partial charge in [0, 0.05) is 18.5 Å². The average molecular weight is 345 g/mol. The van der Waals surface area contributed by atoms with Gasteiger partial charge in [0.1, 0.15) is 12.4 Å². The van der Waals surface area contributed by atoms with Gasteiger partial charge in [-0.15, -0.1) is 11.3 Å². The van der Waals surface area contributed by atoms with E-state index in [0.29, 0.717) is 31.0 Å². The monoisotopic (exact) mass is 345 g/mol. The van der Waals surface area contributed by atoms with Gasteiger partial charge in [0.05, 0.1) is 16.3 Å². The third-order valence-corrected chi connectivity index (χ3v) is 5.32. The van der Waals surface area contributed by atoms with Gasteiger partial charge >= 0.3 is 0 Å². The van der Waals surface area contributed by atoms with Crippen molar-refractivity contribution in [3.05, 3.63) is 45.9 Å². The van der Waals surface area contributed by atoms with Crippen LogP contribution in [0.4, 0.5) is 0 Å². The Morgan fingerprint density at radius 2 is 2.25 bits per heavy atom. The minimum atomic E-state index is 0.0113. The Labute approximate surface area is 146 Å². The highest BCUT2D eigenvalue weighted by molar-refractivity contribution is 7.09. The van der Waals surface area contributed by atoms with E-state index in [4.69, 9.17) is 10.5 Å². The van der Waals surface area contributed by atoms with Crippen molar-refractivity contribution in [2.45, 2.75) is 26.9 Å². The molecule has 0 saturated carbocycles. The highest BCUT2D eigenvalue weighted by Gasteiger charge is 2.35. The number of nitrogens with zero attached hydrogens (tertiary/aromatic N) is 2. The summed E-state index contributed by atoms with van der Waals surface area (Å²) in [6.07, 6.45) is 0.941. The quantitative estimate of drug-likeness (QED) is 0.905. The number of nitrogens with two attached hydrogens (primary N) is 1. The number of amides is 1. The molecule has 128 valence electrons. The number of rotatable bonds is 5. The molecular formula is C18H23N3O2S. The van der Waals surface area contributed by atoms with Crippen molar-refractivity contribution in [2.75, 3.05) is 19.6 Å². The summed E-state index contributed by atoms with van der Waals surface area (Å²) in [4.78, 5) is 19.1. The molecule has 1 unspecified atom stereocenters. The zero-order valence-corrected chi connectivity index (χ0v) is 14.9. The van der Waals surface area contributed by atoms with E-state index < -0.39 is 0 Å². The summed E-state index contributed by atoms with van der Waals surface area (Å²) in [7, 11) is 0. The standard InChI is InChI=1S/C18H23N3O2S/c1-13-20-14(10-24-13)9-23-16-6-4-3-5-15(16)17(22)21-8-7-18(2,11-19)12-21/h3-6,10H,7-9,11-12,19H2,1-2H3. The highest BCUT2D eigenvalue weighted by atomic mass is 32.1. The average Bonchev–Trinajstić information content (AvgIpc) is 3.19. The molecule has 1 saturated heterocycles. The molecule has 1 aliphatic heterocycles. The molecular weight excluding hydrogens is 322 g/mol. The first-order valence-corrected chi connectivity index (χ1v) is 9.01. The molecule has 5 nitrogen and oxygen atoms in total. The van der Waals surface area contributed by atoms with Gasteiger partial charge in [0.25, 0.3) is 5.91 Å². The Bertz CT molecular complexity index is 731. The van der Waals surface area contributed by atoms with Crippen molar-refractivity contribution < 1.29 is 9.53 Å². The zero-order valence-electron chi connectivity index (χ0n) is 14.1. The summed E-state index contributed by atoms with van der Waals surface area (Å²) in [5.41, 5.74) is 7.35. The van der Waals surface area contributed by atoms with Gasteiger partial charge in [0.15, 0.2) is 0 Å². The van der Waals surface area contributed by atoms with Gasteiger partial charge in [-0.25, -0.2) is 4.98 Å². The third-order valence-electron chi connectivity index (χ3n) is 4.50. The maximum absolute atomic E-state index is 12.9. The fourth-order valence-corrected chi connectivity index (χ4v) is 3.53. The maximum atomic E-state index is 12.9. The van der Waals surface area contributed by atoms with E-state index >= 15 is 0 Å². The predicted molar refractivity (Wildman–Crippen MR) is 95.3 cm³/mol. The number of carbonyl (C=O) groups is 1. The molecule has 0 spiro atoms.